The Morgan fingerprint density at radius 3 is 1.51 bits per heavy atom. The highest BCUT2D eigenvalue weighted by Crippen LogP contribution is 2.37. The van der Waals surface area contributed by atoms with Gasteiger partial charge in [0.1, 0.15) is 61.0 Å². The fourth-order valence-electron chi connectivity index (χ4n) is 9.69. The van der Waals surface area contributed by atoms with Crippen LogP contribution in [0.1, 0.15) is 64.9 Å². The van der Waals surface area contributed by atoms with Crippen LogP contribution in [0, 0.1) is 29.1 Å². The number of unbranched alkanes of at least 4 members (excludes halogenated alkanes) is 1. The van der Waals surface area contributed by atoms with Crippen LogP contribution in [-0.2, 0) is 75.7 Å². The second-order valence-corrected chi connectivity index (χ2v) is 19.2. The lowest BCUT2D eigenvalue weighted by Gasteiger charge is -2.49. The number of carbonyl (C=O) groups excluding carboxylic acids is 1. The summed E-state index contributed by atoms with van der Waals surface area (Å²) >= 11 is 0. The first kappa shape index (κ1) is 56.1. The first-order valence-corrected chi connectivity index (χ1v) is 26.1. The van der Waals surface area contributed by atoms with Crippen molar-refractivity contribution in [3.63, 3.8) is 0 Å². The zero-order valence-corrected chi connectivity index (χ0v) is 43.1. The Hall–Kier alpha value is -6.66. The molecule has 9 rings (SSSR count). The van der Waals surface area contributed by atoms with E-state index >= 15 is 8.78 Å². The van der Waals surface area contributed by atoms with E-state index in [1.807, 2.05) is 184 Å². The van der Waals surface area contributed by atoms with Gasteiger partial charge in [-0.25, -0.2) is 26.7 Å². The molecule has 2 saturated heterocycles. The van der Waals surface area contributed by atoms with E-state index in [9.17, 15) is 18.0 Å². The van der Waals surface area contributed by atoms with Crippen LogP contribution < -0.4 is 0 Å². The van der Waals surface area contributed by atoms with E-state index in [1.54, 1.807) is 6.08 Å². The molecule has 78 heavy (non-hydrogen) atoms. The molecule has 10 atom stereocenters. The first-order chi connectivity index (χ1) is 38.1. The molecule has 7 aromatic carbocycles. The Kier molecular flexibility index (Phi) is 19.6. The molecule has 15 heteroatoms. The van der Waals surface area contributed by atoms with Gasteiger partial charge in [0.25, 0.3) is 0 Å². The van der Waals surface area contributed by atoms with E-state index in [1.165, 1.54) is 0 Å². The summed E-state index contributed by atoms with van der Waals surface area (Å²) in [6.07, 6.45) is -5.49. The molecule has 0 aromatic heterocycles. The Morgan fingerprint density at radius 1 is 0.500 bits per heavy atom. The lowest BCUT2D eigenvalue weighted by Crippen LogP contribution is -2.65. The molecule has 0 unspecified atom stereocenters. The molecule has 0 radical (unpaired) electrons. The fourth-order valence-corrected chi connectivity index (χ4v) is 9.69. The van der Waals surface area contributed by atoms with Gasteiger partial charge >= 0.3 is 5.97 Å². The van der Waals surface area contributed by atoms with E-state index in [4.69, 9.17) is 42.6 Å². The minimum absolute atomic E-state index is 0.0141. The maximum absolute atomic E-state index is 15.2. The topological polar surface area (TPSA) is 100 Å². The number of benzene rings is 7. The number of hydrogen-bond donors (Lipinski definition) is 0. The largest absolute Gasteiger partial charge is 0.459 e. The molecule has 0 aliphatic carbocycles. The number of esters is 1. The van der Waals surface area contributed by atoms with Gasteiger partial charge in [-0.1, -0.05) is 189 Å². The predicted octanol–water partition coefficient (Wildman–Crippen LogP) is 12.9. The third kappa shape index (κ3) is 13.8. The van der Waals surface area contributed by atoms with Gasteiger partial charge in [0, 0.05) is 0 Å². The summed E-state index contributed by atoms with van der Waals surface area (Å²) in [5.74, 6) is -13.6. The molecule has 408 valence electrons. The van der Waals surface area contributed by atoms with Crippen LogP contribution in [0.3, 0.4) is 0 Å². The van der Waals surface area contributed by atoms with Crippen LogP contribution in [0.4, 0.5) is 22.0 Å². The minimum Gasteiger partial charge on any atom is -0.459 e. The van der Waals surface area contributed by atoms with Gasteiger partial charge in [0.15, 0.2) is 29.6 Å². The van der Waals surface area contributed by atoms with Crippen molar-refractivity contribution in [2.24, 2.45) is 0 Å². The molecular formula is C63H61F5O10. The standard InChI is InChI=1S/C63H61F5O10/c1-3-4-9-33-48-57(71-35-42-23-12-6-13-24-42)60(73-37-44-27-16-8-17-28-44)58(49(77-48)39-75-62(69)50-51(64)53(66)55(68)54(67)52(50)65)78-63-61(74-38-46-31-20-30-45-29-18-19-32-47(45)46)59(72-36-43-25-14-7-15-26-43)56(40(2)76-63)70-34-41-21-10-5-11-22-41/h5-33,40,48-49,56-61,63H,3-4,34-39H2,1-2H3/b33-9+/t40-,48-,49+,56-,57-,58-,59+,60+,61+,63-/m0/s1. The number of carbonyl (C=O) groups is 1. The van der Waals surface area contributed by atoms with Crippen molar-refractivity contribution in [3.8, 4) is 0 Å². The summed E-state index contributed by atoms with van der Waals surface area (Å²) < 4.78 is 135. The Labute approximate surface area is 450 Å². The summed E-state index contributed by atoms with van der Waals surface area (Å²) in [6, 6.07) is 51.9. The minimum atomic E-state index is -2.43. The van der Waals surface area contributed by atoms with Crippen LogP contribution in [0.15, 0.2) is 176 Å². The molecule has 2 aliphatic rings. The quantitative estimate of drug-likeness (QED) is 0.0202. The maximum Gasteiger partial charge on any atom is 0.344 e. The van der Waals surface area contributed by atoms with Crippen molar-refractivity contribution >= 4 is 16.7 Å². The fraction of sp³-hybridized carbons (Fsp3) is 0.317. The molecule has 0 amide bonds. The second-order valence-electron chi connectivity index (χ2n) is 19.2. The smallest absolute Gasteiger partial charge is 0.344 e. The van der Waals surface area contributed by atoms with Crippen molar-refractivity contribution in [2.45, 2.75) is 121 Å². The van der Waals surface area contributed by atoms with E-state index in [-0.39, 0.29) is 33.0 Å². The normalized spacial score (nSPS) is 23.4. The third-order valence-corrected chi connectivity index (χ3v) is 13.7. The zero-order chi connectivity index (χ0) is 54.4. The Bertz CT molecular complexity index is 3010. The number of fused-ring (bicyclic) bond motifs is 1. The average molecular weight is 1070 g/mol. The van der Waals surface area contributed by atoms with Crippen LogP contribution in [0.25, 0.3) is 10.8 Å². The molecule has 0 N–H and O–H groups in total. The van der Waals surface area contributed by atoms with Gasteiger partial charge in [-0.2, -0.15) is 0 Å². The number of halogens is 5. The van der Waals surface area contributed by atoms with Gasteiger partial charge in [0.2, 0.25) is 5.82 Å². The highest BCUT2D eigenvalue weighted by molar-refractivity contribution is 5.90. The monoisotopic (exact) mass is 1070 g/mol. The van der Waals surface area contributed by atoms with E-state index in [0.717, 1.165) is 45.0 Å². The molecule has 7 aromatic rings. The number of hydrogen-bond acceptors (Lipinski definition) is 10. The summed E-state index contributed by atoms with van der Waals surface area (Å²) in [5.41, 5.74) is 2.47. The molecule has 2 aliphatic heterocycles. The van der Waals surface area contributed by atoms with Crippen molar-refractivity contribution in [3.05, 3.63) is 238 Å². The molecule has 0 saturated carbocycles. The lowest BCUT2D eigenvalue weighted by atomic mass is 9.92. The third-order valence-electron chi connectivity index (χ3n) is 13.7. The van der Waals surface area contributed by atoms with E-state index in [2.05, 4.69) is 0 Å². The Balaban J connectivity index is 1.14. The molecule has 0 spiro atoms. The van der Waals surface area contributed by atoms with Crippen molar-refractivity contribution in [1.82, 2.24) is 0 Å². The molecule has 10 nitrogen and oxygen atoms in total. The number of rotatable bonds is 23. The lowest BCUT2D eigenvalue weighted by molar-refractivity contribution is -0.355. The van der Waals surface area contributed by atoms with Crippen LogP contribution in [-0.4, -0.2) is 73.8 Å². The zero-order valence-electron chi connectivity index (χ0n) is 43.1. The average Bonchev–Trinajstić information content (AvgIpc) is 3.59. The number of allylic oxidation sites excluding steroid dienone is 1. The van der Waals surface area contributed by atoms with Crippen molar-refractivity contribution < 1.29 is 69.4 Å². The molecule has 0 bridgehead atoms. The van der Waals surface area contributed by atoms with Crippen LogP contribution in [0.5, 0.6) is 0 Å². The molecular weight excluding hydrogens is 1010 g/mol. The highest BCUT2D eigenvalue weighted by Gasteiger charge is 2.54. The first-order valence-electron chi connectivity index (χ1n) is 26.1. The number of ether oxygens (including phenoxy) is 9. The second kappa shape index (κ2) is 27.3. The van der Waals surface area contributed by atoms with Gasteiger partial charge < -0.3 is 42.6 Å². The highest BCUT2D eigenvalue weighted by atomic mass is 19.2. The van der Waals surface area contributed by atoms with Gasteiger partial charge in [-0.05, 0) is 51.9 Å². The van der Waals surface area contributed by atoms with Gasteiger partial charge in [0.05, 0.1) is 39.1 Å². The SMILES string of the molecule is CCC/C=C/[C@@H]1O[C@H](COC(=O)c2c(F)c(F)c(F)c(F)c2F)[C@H](O[C@@H]2O[C@@H](C)[C@H](OCc3ccccc3)[C@@H](OCc3ccccc3)[C@H]2OCc2cccc3ccccc23)[C@H](OCc2ccccc2)[C@H]1OCc1ccccc1. The summed E-state index contributed by atoms with van der Waals surface area (Å²) in [4.78, 5) is 13.7. The maximum atomic E-state index is 15.2. The van der Waals surface area contributed by atoms with Gasteiger partial charge in [-0.3, -0.25) is 0 Å². The van der Waals surface area contributed by atoms with Crippen LogP contribution >= 0.6 is 0 Å². The molecule has 2 fully saturated rings. The predicted molar refractivity (Wildman–Crippen MR) is 281 cm³/mol. The summed E-state index contributed by atoms with van der Waals surface area (Å²) in [5, 5.41) is 1.94. The van der Waals surface area contributed by atoms with E-state index < -0.39 is 108 Å². The summed E-state index contributed by atoms with van der Waals surface area (Å²) in [6.45, 7) is 3.48. The van der Waals surface area contributed by atoms with Crippen LogP contribution in [0.2, 0.25) is 0 Å². The van der Waals surface area contributed by atoms with Gasteiger partial charge in [-0.15, -0.1) is 0 Å². The van der Waals surface area contributed by atoms with E-state index in [0.29, 0.717) is 6.42 Å². The molecule has 2 heterocycles. The Morgan fingerprint density at radius 2 is 0.962 bits per heavy atom. The summed E-state index contributed by atoms with van der Waals surface area (Å²) in [7, 11) is 0. The van der Waals surface area contributed by atoms with Crippen molar-refractivity contribution in [1.29, 1.82) is 0 Å². The van der Waals surface area contributed by atoms with Crippen molar-refractivity contribution in [2.75, 3.05) is 6.61 Å².